The summed E-state index contributed by atoms with van der Waals surface area (Å²) >= 11 is 0. The van der Waals surface area contributed by atoms with E-state index in [4.69, 9.17) is 0 Å². The molecule has 0 fully saturated rings. The molecule has 0 unspecified atom stereocenters. The monoisotopic (exact) mass is 188 g/mol. The Kier molecular flexibility index (Phi) is 2.23. The van der Waals surface area contributed by atoms with Gasteiger partial charge in [-0.1, -0.05) is 0 Å². The molecule has 0 atom stereocenters. The van der Waals surface area contributed by atoms with Gasteiger partial charge >= 0.3 is 0 Å². The molecule has 0 saturated carbocycles. The number of benzene rings is 1. The molecule has 3 nitrogen and oxygen atoms in total. The van der Waals surface area contributed by atoms with E-state index >= 15 is 0 Å². The Hall–Kier alpha value is -1.77. The average molecular weight is 188 g/mol. The van der Waals surface area contributed by atoms with Crippen LogP contribution in [-0.2, 0) is 0 Å². The summed E-state index contributed by atoms with van der Waals surface area (Å²) in [5, 5.41) is 13.4. The van der Waals surface area contributed by atoms with Gasteiger partial charge in [0.15, 0.2) is 0 Å². The standard InChI is InChI=1S/C11H12N2O/c1-2-12-11-6-4-8-3-5-9(14)7-10(8)13-11/h3-7,14H,2H2,1H3,(H,12,13). The highest BCUT2D eigenvalue weighted by Gasteiger charge is 1.97. The van der Waals surface area contributed by atoms with Gasteiger partial charge in [0.2, 0.25) is 0 Å². The molecule has 1 aromatic heterocycles. The van der Waals surface area contributed by atoms with Crippen LogP contribution in [-0.4, -0.2) is 16.6 Å². The molecule has 3 heteroatoms. The van der Waals surface area contributed by atoms with Gasteiger partial charge in [0.1, 0.15) is 11.6 Å². The van der Waals surface area contributed by atoms with Gasteiger partial charge in [0.05, 0.1) is 5.52 Å². The predicted octanol–water partition coefficient (Wildman–Crippen LogP) is 2.37. The molecule has 0 bridgehead atoms. The highest BCUT2D eigenvalue weighted by molar-refractivity contribution is 5.81. The molecule has 0 aliphatic heterocycles. The third-order valence-corrected chi connectivity index (χ3v) is 2.03. The highest BCUT2D eigenvalue weighted by Crippen LogP contribution is 2.19. The van der Waals surface area contributed by atoms with E-state index in [-0.39, 0.29) is 5.75 Å². The number of fused-ring (bicyclic) bond motifs is 1. The fourth-order valence-corrected chi connectivity index (χ4v) is 1.39. The van der Waals surface area contributed by atoms with Gasteiger partial charge in [-0.25, -0.2) is 4.98 Å². The van der Waals surface area contributed by atoms with Crippen LogP contribution in [0.5, 0.6) is 5.75 Å². The number of aromatic hydroxyl groups is 1. The summed E-state index contributed by atoms with van der Waals surface area (Å²) in [6.07, 6.45) is 0. The van der Waals surface area contributed by atoms with Crippen LogP contribution in [0.3, 0.4) is 0 Å². The molecular formula is C11H12N2O. The van der Waals surface area contributed by atoms with Crippen molar-refractivity contribution in [3.8, 4) is 5.75 Å². The fourth-order valence-electron chi connectivity index (χ4n) is 1.39. The summed E-state index contributed by atoms with van der Waals surface area (Å²) in [6.45, 7) is 2.87. The van der Waals surface area contributed by atoms with E-state index in [9.17, 15) is 5.11 Å². The minimum atomic E-state index is 0.249. The lowest BCUT2D eigenvalue weighted by Gasteiger charge is -2.03. The fraction of sp³-hybridized carbons (Fsp3) is 0.182. The Balaban J connectivity index is 2.52. The Morgan fingerprint density at radius 1 is 1.29 bits per heavy atom. The summed E-state index contributed by atoms with van der Waals surface area (Å²) in [5.41, 5.74) is 0.809. The number of aromatic nitrogens is 1. The van der Waals surface area contributed by atoms with Gasteiger partial charge in [-0.2, -0.15) is 0 Å². The van der Waals surface area contributed by atoms with E-state index in [1.807, 2.05) is 25.1 Å². The zero-order chi connectivity index (χ0) is 9.97. The Morgan fingerprint density at radius 3 is 2.86 bits per heavy atom. The maximum absolute atomic E-state index is 9.29. The van der Waals surface area contributed by atoms with Crippen LogP contribution in [0.4, 0.5) is 5.82 Å². The molecule has 0 spiro atoms. The summed E-state index contributed by atoms with van der Waals surface area (Å²) < 4.78 is 0. The molecule has 2 aromatic rings. The van der Waals surface area contributed by atoms with Gasteiger partial charge in [-0.3, -0.25) is 0 Å². The van der Waals surface area contributed by atoms with Crippen molar-refractivity contribution in [2.24, 2.45) is 0 Å². The zero-order valence-corrected chi connectivity index (χ0v) is 7.99. The second-order valence-corrected chi connectivity index (χ2v) is 3.10. The maximum Gasteiger partial charge on any atom is 0.126 e. The molecule has 2 rings (SSSR count). The molecule has 1 aromatic carbocycles. The molecule has 0 radical (unpaired) electrons. The lowest BCUT2D eigenvalue weighted by Crippen LogP contribution is -1.98. The Bertz CT molecular complexity index is 454. The molecule has 0 saturated heterocycles. The first-order valence-corrected chi connectivity index (χ1v) is 4.63. The number of nitrogens with zero attached hydrogens (tertiary/aromatic N) is 1. The normalized spacial score (nSPS) is 10.4. The van der Waals surface area contributed by atoms with Gasteiger partial charge in [-0.15, -0.1) is 0 Å². The van der Waals surface area contributed by atoms with E-state index in [1.165, 1.54) is 0 Å². The van der Waals surface area contributed by atoms with E-state index in [1.54, 1.807) is 12.1 Å². The second kappa shape index (κ2) is 3.54. The topological polar surface area (TPSA) is 45.1 Å². The SMILES string of the molecule is CCNc1ccc2ccc(O)cc2n1. The summed E-state index contributed by atoms with van der Waals surface area (Å²) in [7, 11) is 0. The van der Waals surface area contributed by atoms with Crippen LogP contribution < -0.4 is 5.32 Å². The summed E-state index contributed by atoms with van der Waals surface area (Å²) in [4.78, 5) is 4.35. The van der Waals surface area contributed by atoms with Crippen molar-refractivity contribution >= 4 is 16.7 Å². The van der Waals surface area contributed by atoms with Crippen molar-refractivity contribution in [1.29, 1.82) is 0 Å². The number of rotatable bonds is 2. The first kappa shape index (κ1) is 8.81. The number of nitrogens with one attached hydrogen (secondary N) is 1. The molecule has 0 aliphatic rings. The average Bonchev–Trinajstić information content (AvgIpc) is 2.17. The van der Waals surface area contributed by atoms with E-state index < -0.39 is 0 Å². The summed E-state index contributed by atoms with van der Waals surface area (Å²) in [5.74, 6) is 1.09. The smallest absolute Gasteiger partial charge is 0.126 e. The number of phenolic OH excluding ortho intramolecular Hbond substituents is 1. The van der Waals surface area contributed by atoms with Crippen molar-refractivity contribution in [1.82, 2.24) is 4.98 Å². The van der Waals surface area contributed by atoms with Crippen molar-refractivity contribution < 1.29 is 5.11 Å². The number of pyridine rings is 1. The number of hydrogen-bond acceptors (Lipinski definition) is 3. The minimum absolute atomic E-state index is 0.249. The van der Waals surface area contributed by atoms with Crippen molar-refractivity contribution in [3.63, 3.8) is 0 Å². The lowest BCUT2D eigenvalue weighted by molar-refractivity contribution is 0.476. The molecule has 0 aliphatic carbocycles. The lowest BCUT2D eigenvalue weighted by atomic mass is 10.2. The molecule has 14 heavy (non-hydrogen) atoms. The van der Waals surface area contributed by atoms with Crippen molar-refractivity contribution in [2.45, 2.75) is 6.92 Å². The van der Waals surface area contributed by atoms with Crippen LogP contribution in [0.1, 0.15) is 6.92 Å². The second-order valence-electron chi connectivity index (χ2n) is 3.10. The van der Waals surface area contributed by atoms with Crippen molar-refractivity contribution in [3.05, 3.63) is 30.3 Å². The van der Waals surface area contributed by atoms with Crippen LogP contribution in [0.15, 0.2) is 30.3 Å². The van der Waals surface area contributed by atoms with Crippen LogP contribution >= 0.6 is 0 Å². The van der Waals surface area contributed by atoms with Crippen LogP contribution in [0.25, 0.3) is 10.9 Å². The number of hydrogen-bond donors (Lipinski definition) is 2. The van der Waals surface area contributed by atoms with Gasteiger partial charge in [-0.05, 0) is 31.2 Å². The van der Waals surface area contributed by atoms with Crippen LogP contribution in [0, 0.1) is 0 Å². The first-order chi connectivity index (χ1) is 6.79. The third kappa shape index (κ3) is 1.62. The minimum Gasteiger partial charge on any atom is -0.508 e. The highest BCUT2D eigenvalue weighted by atomic mass is 16.3. The Labute approximate surface area is 82.4 Å². The number of anilines is 1. The summed E-state index contributed by atoms with van der Waals surface area (Å²) in [6, 6.07) is 9.10. The van der Waals surface area contributed by atoms with Gasteiger partial charge in [0, 0.05) is 18.0 Å². The van der Waals surface area contributed by atoms with E-state index in [0.29, 0.717) is 0 Å². The van der Waals surface area contributed by atoms with Gasteiger partial charge < -0.3 is 10.4 Å². The molecule has 0 amide bonds. The van der Waals surface area contributed by atoms with Crippen LogP contribution in [0.2, 0.25) is 0 Å². The maximum atomic E-state index is 9.29. The molecule has 2 N–H and O–H groups in total. The largest absolute Gasteiger partial charge is 0.508 e. The number of phenols is 1. The van der Waals surface area contributed by atoms with Gasteiger partial charge in [0.25, 0.3) is 0 Å². The predicted molar refractivity (Wildman–Crippen MR) is 57.6 cm³/mol. The zero-order valence-electron chi connectivity index (χ0n) is 7.99. The molecule has 1 heterocycles. The molecular weight excluding hydrogens is 176 g/mol. The van der Waals surface area contributed by atoms with E-state index in [2.05, 4.69) is 10.3 Å². The Morgan fingerprint density at radius 2 is 2.07 bits per heavy atom. The molecule has 72 valence electrons. The first-order valence-electron chi connectivity index (χ1n) is 4.63. The van der Waals surface area contributed by atoms with Crippen molar-refractivity contribution in [2.75, 3.05) is 11.9 Å². The van der Waals surface area contributed by atoms with E-state index in [0.717, 1.165) is 23.3 Å². The third-order valence-electron chi connectivity index (χ3n) is 2.03. The quantitative estimate of drug-likeness (QED) is 0.760.